The van der Waals surface area contributed by atoms with Crippen LogP contribution >= 0.6 is 0 Å². The molecule has 0 atom stereocenters. The Balaban J connectivity index is 2.90. The molecule has 1 rings (SSSR count). The number of nitrogen functional groups attached to an aromatic ring is 2. The molecule has 0 saturated heterocycles. The van der Waals surface area contributed by atoms with Crippen LogP contribution < -0.4 is 11.5 Å². The van der Waals surface area contributed by atoms with E-state index in [1.807, 2.05) is 18.2 Å². The molecule has 0 bridgehead atoms. The van der Waals surface area contributed by atoms with E-state index in [2.05, 4.69) is 13.5 Å². The fraction of sp³-hybridized carbons (Fsp3) is 0.273. The number of hydrogen-bond acceptors (Lipinski definition) is 2. The lowest BCUT2D eigenvalue weighted by molar-refractivity contribution is 0.975. The Labute approximate surface area is 79.2 Å². The van der Waals surface area contributed by atoms with Gasteiger partial charge in [0.15, 0.2) is 0 Å². The maximum Gasteiger partial charge on any atom is 0.0553 e. The van der Waals surface area contributed by atoms with Crippen molar-refractivity contribution in [3.8, 4) is 0 Å². The van der Waals surface area contributed by atoms with E-state index in [0.29, 0.717) is 11.4 Å². The van der Waals surface area contributed by atoms with E-state index in [1.165, 1.54) is 0 Å². The van der Waals surface area contributed by atoms with Gasteiger partial charge in [-0.15, -0.1) is 0 Å². The zero-order valence-electron chi connectivity index (χ0n) is 8.01. The van der Waals surface area contributed by atoms with Gasteiger partial charge < -0.3 is 11.5 Å². The van der Waals surface area contributed by atoms with E-state index in [0.717, 1.165) is 24.0 Å². The molecule has 0 saturated carbocycles. The molecule has 13 heavy (non-hydrogen) atoms. The van der Waals surface area contributed by atoms with Crippen molar-refractivity contribution in [2.24, 2.45) is 0 Å². The largest absolute Gasteiger partial charge is 0.397 e. The van der Waals surface area contributed by atoms with Gasteiger partial charge in [0.2, 0.25) is 0 Å². The highest BCUT2D eigenvalue weighted by Crippen LogP contribution is 2.23. The van der Waals surface area contributed by atoms with Gasteiger partial charge in [-0.2, -0.15) is 0 Å². The number of nitrogens with two attached hydrogens (primary N) is 2. The fourth-order valence-corrected chi connectivity index (χ4v) is 1.24. The van der Waals surface area contributed by atoms with Crippen molar-refractivity contribution < 1.29 is 0 Å². The van der Waals surface area contributed by atoms with Crippen LogP contribution in [0.4, 0.5) is 11.4 Å². The highest BCUT2D eigenvalue weighted by atomic mass is 14.7. The quantitative estimate of drug-likeness (QED) is 0.696. The SMILES string of the molecule is C=C(CCC)c1ccc(N)c(N)c1. The minimum absolute atomic E-state index is 0.632. The molecule has 1 aromatic carbocycles. The van der Waals surface area contributed by atoms with Crippen molar-refractivity contribution in [3.05, 3.63) is 30.3 Å². The maximum atomic E-state index is 5.69. The van der Waals surface area contributed by atoms with Gasteiger partial charge in [0, 0.05) is 0 Å². The summed E-state index contributed by atoms with van der Waals surface area (Å²) >= 11 is 0. The van der Waals surface area contributed by atoms with Crippen LogP contribution in [-0.4, -0.2) is 0 Å². The molecule has 0 aliphatic heterocycles. The molecular formula is C11H16N2. The topological polar surface area (TPSA) is 52.0 Å². The maximum absolute atomic E-state index is 5.69. The van der Waals surface area contributed by atoms with E-state index in [4.69, 9.17) is 11.5 Å². The molecule has 1 aromatic rings. The van der Waals surface area contributed by atoms with Crippen LogP contribution in [0.3, 0.4) is 0 Å². The standard InChI is InChI=1S/C11H16N2/c1-3-4-8(2)9-5-6-10(12)11(13)7-9/h5-7H,2-4,12-13H2,1H3. The second-order valence-electron chi connectivity index (χ2n) is 3.20. The highest BCUT2D eigenvalue weighted by molar-refractivity contribution is 5.72. The number of hydrogen-bond donors (Lipinski definition) is 2. The minimum Gasteiger partial charge on any atom is -0.397 e. The third kappa shape index (κ3) is 2.25. The Hall–Kier alpha value is -1.44. The third-order valence-corrected chi connectivity index (χ3v) is 2.05. The number of benzene rings is 1. The minimum atomic E-state index is 0.632. The van der Waals surface area contributed by atoms with E-state index in [1.54, 1.807) is 0 Å². The first-order chi connectivity index (χ1) is 6.15. The van der Waals surface area contributed by atoms with Crippen molar-refractivity contribution in [1.29, 1.82) is 0 Å². The molecule has 0 aromatic heterocycles. The first-order valence-electron chi connectivity index (χ1n) is 4.48. The Morgan fingerprint density at radius 1 is 1.31 bits per heavy atom. The van der Waals surface area contributed by atoms with Crippen molar-refractivity contribution >= 4 is 16.9 Å². The summed E-state index contributed by atoms with van der Waals surface area (Å²) in [4.78, 5) is 0. The summed E-state index contributed by atoms with van der Waals surface area (Å²) in [5.41, 5.74) is 14.8. The lowest BCUT2D eigenvalue weighted by Gasteiger charge is -2.06. The molecule has 0 amide bonds. The smallest absolute Gasteiger partial charge is 0.0553 e. The lowest BCUT2D eigenvalue weighted by atomic mass is 10.0. The average molecular weight is 176 g/mol. The van der Waals surface area contributed by atoms with Gasteiger partial charge in [0.25, 0.3) is 0 Å². The number of rotatable bonds is 3. The van der Waals surface area contributed by atoms with Gasteiger partial charge in [-0.05, 0) is 29.7 Å². The molecule has 0 radical (unpaired) electrons. The van der Waals surface area contributed by atoms with Crippen molar-refractivity contribution in [3.63, 3.8) is 0 Å². The van der Waals surface area contributed by atoms with E-state index < -0.39 is 0 Å². The average Bonchev–Trinajstić information content (AvgIpc) is 2.10. The molecule has 0 heterocycles. The third-order valence-electron chi connectivity index (χ3n) is 2.05. The van der Waals surface area contributed by atoms with E-state index >= 15 is 0 Å². The Kier molecular flexibility index (Phi) is 2.96. The summed E-state index contributed by atoms with van der Waals surface area (Å²) in [5.74, 6) is 0. The first-order valence-corrected chi connectivity index (χ1v) is 4.48. The van der Waals surface area contributed by atoms with Gasteiger partial charge in [-0.25, -0.2) is 0 Å². The summed E-state index contributed by atoms with van der Waals surface area (Å²) in [7, 11) is 0. The monoisotopic (exact) mass is 176 g/mol. The van der Waals surface area contributed by atoms with Crippen LogP contribution in [0, 0.1) is 0 Å². The molecule has 0 aliphatic carbocycles. The van der Waals surface area contributed by atoms with Crippen LogP contribution in [0.25, 0.3) is 5.57 Å². The summed E-state index contributed by atoms with van der Waals surface area (Å²) in [6.45, 7) is 6.12. The van der Waals surface area contributed by atoms with Gasteiger partial charge >= 0.3 is 0 Å². The molecule has 2 heteroatoms. The second-order valence-corrected chi connectivity index (χ2v) is 3.20. The normalized spacial score (nSPS) is 9.92. The summed E-state index contributed by atoms with van der Waals surface area (Å²) < 4.78 is 0. The van der Waals surface area contributed by atoms with Gasteiger partial charge in [-0.1, -0.05) is 26.0 Å². The summed E-state index contributed by atoms with van der Waals surface area (Å²) in [5, 5.41) is 0. The van der Waals surface area contributed by atoms with Gasteiger partial charge in [-0.3, -0.25) is 0 Å². The van der Waals surface area contributed by atoms with Crippen LogP contribution in [0.1, 0.15) is 25.3 Å². The van der Waals surface area contributed by atoms with E-state index in [-0.39, 0.29) is 0 Å². The number of allylic oxidation sites excluding steroid dienone is 1. The zero-order chi connectivity index (χ0) is 9.84. The van der Waals surface area contributed by atoms with Crippen LogP contribution in [0.5, 0.6) is 0 Å². The van der Waals surface area contributed by atoms with Gasteiger partial charge in [0.05, 0.1) is 11.4 Å². The predicted octanol–water partition coefficient (Wildman–Crippen LogP) is 2.66. The molecule has 2 nitrogen and oxygen atoms in total. The molecule has 0 aliphatic rings. The Morgan fingerprint density at radius 2 is 2.00 bits per heavy atom. The van der Waals surface area contributed by atoms with Gasteiger partial charge in [0.1, 0.15) is 0 Å². The molecular weight excluding hydrogens is 160 g/mol. The van der Waals surface area contributed by atoms with E-state index in [9.17, 15) is 0 Å². The molecule has 70 valence electrons. The fourth-order valence-electron chi connectivity index (χ4n) is 1.24. The number of anilines is 2. The summed E-state index contributed by atoms with van der Waals surface area (Å²) in [6, 6.07) is 5.67. The van der Waals surface area contributed by atoms with Crippen LogP contribution in [-0.2, 0) is 0 Å². The lowest BCUT2D eigenvalue weighted by Crippen LogP contribution is -1.95. The zero-order valence-corrected chi connectivity index (χ0v) is 8.01. The second kappa shape index (κ2) is 3.99. The van der Waals surface area contributed by atoms with Crippen molar-refractivity contribution in [2.75, 3.05) is 11.5 Å². The Morgan fingerprint density at radius 3 is 2.54 bits per heavy atom. The van der Waals surface area contributed by atoms with Crippen molar-refractivity contribution in [2.45, 2.75) is 19.8 Å². The first kappa shape index (κ1) is 9.65. The van der Waals surface area contributed by atoms with Crippen molar-refractivity contribution in [1.82, 2.24) is 0 Å². The summed E-state index contributed by atoms with van der Waals surface area (Å²) in [6.07, 6.45) is 2.10. The van der Waals surface area contributed by atoms with Crippen LogP contribution in [0.15, 0.2) is 24.8 Å². The highest BCUT2D eigenvalue weighted by Gasteiger charge is 2.00. The molecule has 0 fully saturated rings. The van der Waals surface area contributed by atoms with Crippen LogP contribution in [0.2, 0.25) is 0 Å². The Bertz CT molecular complexity index is 316. The molecule has 0 spiro atoms. The predicted molar refractivity (Wildman–Crippen MR) is 59.2 cm³/mol. The molecule has 4 N–H and O–H groups in total. The molecule has 0 unspecified atom stereocenters.